The average Bonchev–Trinajstić information content (AvgIpc) is 2.94. The van der Waals surface area contributed by atoms with Crippen molar-refractivity contribution in [1.82, 2.24) is 9.97 Å². The van der Waals surface area contributed by atoms with Crippen LogP contribution in [0.3, 0.4) is 0 Å². The van der Waals surface area contributed by atoms with E-state index in [9.17, 15) is 0 Å². The van der Waals surface area contributed by atoms with Crippen LogP contribution in [0.2, 0.25) is 0 Å². The summed E-state index contributed by atoms with van der Waals surface area (Å²) < 4.78 is 0. The van der Waals surface area contributed by atoms with E-state index in [0.29, 0.717) is 0 Å². The molecule has 3 aromatic rings. The van der Waals surface area contributed by atoms with Gasteiger partial charge in [-0.25, -0.2) is 4.98 Å². The molecule has 4 heteroatoms. The van der Waals surface area contributed by atoms with Crippen LogP contribution in [0.1, 0.15) is 30.7 Å². The Morgan fingerprint density at radius 2 is 2.00 bits per heavy atom. The van der Waals surface area contributed by atoms with Gasteiger partial charge in [0.05, 0.1) is 11.6 Å². The van der Waals surface area contributed by atoms with Crippen LogP contribution in [-0.2, 0) is 12.0 Å². The lowest BCUT2D eigenvalue weighted by Gasteiger charge is -2.13. The molecule has 0 aliphatic rings. The Morgan fingerprint density at radius 3 is 2.76 bits per heavy atom. The maximum absolute atomic E-state index is 4.53. The van der Waals surface area contributed by atoms with Crippen LogP contribution in [0.15, 0.2) is 42.9 Å². The molecule has 2 aromatic heterocycles. The van der Waals surface area contributed by atoms with Crippen LogP contribution in [-0.4, -0.2) is 9.97 Å². The van der Waals surface area contributed by atoms with Crippen molar-refractivity contribution in [3.8, 4) is 0 Å². The number of hydrogen-bond donors (Lipinski definition) is 1. The summed E-state index contributed by atoms with van der Waals surface area (Å²) in [6, 6.07) is 8.29. The Kier molecular flexibility index (Phi) is 3.64. The van der Waals surface area contributed by atoms with E-state index in [4.69, 9.17) is 0 Å². The Balaban J connectivity index is 1.79. The Labute approximate surface area is 129 Å². The van der Waals surface area contributed by atoms with E-state index in [1.54, 1.807) is 11.3 Å². The van der Waals surface area contributed by atoms with Crippen molar-refractivity contribution < 1.29 is 0 Å². The number of benzene rings is 1. The van der Waals surface area contributed by atoms with Crippen molar-refractivity contribution in [3.63, 3.8) is 0 Å². The van der Waals surface area contributed by atoms with Gasteiger partial charge in [-0.2, -0.15) is 0 Å². The first kappa shape index (κ1) is 14.0. The second-order valence-corrected chi connectivity index (χ2v) is 7.25. The molecule has 0 amide bonds. The molecular formula is C17H19N3S. The number of nitrogens with one attached hydrogen (secondary N) is 1. The maximum atomic E-state index is 4.53. The van der Waals surface area contributed by atoms with E-state index in [-0.39, 0.29) is 5.41 Å². The van der Waals surface area contributed by atoms with Gasteiger partial charge in [-0.3, -0.25) is 4.98 Å². The van der Waals surface area contributed by atoms with Crippen LogP contribution in [0.5, 0.6) is 0 Å². The van der Waals surface area contributed by atoms with E-state index in [1.165, 1.54) is 15.3 Å². The van der Waals surface area contributed by atoms with Crippen molar-refractivity contribution in [2.75, 3.05) is 5.32 Å². The molecule has 0 aliphatic heterocycles. The summed E-state index contributed by atoms with van der Waals surface area (Å²) in [5, 5.41) is 7.05. The number of nitrogens with zero attached hydrogens (tertiary/aromatic N) is 2. The van der Waals surface area contributed by atoms with Gasteiger partial charge in [-0.1, -0.05) is 32.9 Å². The molecule has 0 saturated carbocycles. The van der Waals surface area contributed by atoms with Crippen molar-refractivity contribution in [2.24, 2.45) is 0 Å². The molecule has 2 heterocycles. The minimum absolute atomic E-state index is 0.119. The van der Waals surface area contributed by atoms with E-state index in [1.807, 2.05) is 24.7 Å². The van der Waals surface area contributed by atoms with Crippen LogP contribution >= 0.6 is 11.3 Å². The first-order valence-electron chi connectivity index (χ1n) is 7.06. The van der Waals surface area contributed by atoms with E-state index >= 15 is 0 Å². The number of anilines is 1. The molecule has 0 fully saturated rings. The van der Waals surface area contributed by atoms with Gasteiger partial charge < -0.3 is 5.32 Å². The number of aromatic nitrogens is 2. The summed E-state index contributed by atoms with van der Waals surface area (Å²) in [5.74, 6) is 0. The van der Waals surface area contributed by atoms with Gasteiger partial charge >= 0.3 is 0 Å². The molecule has 21 heavy (non-hydrogen) atoms. The molecule has 0 atom stereocenters. The summed E-state index contributed by atoms with van der Waals surface area (Å²) in [4.78, 5) is 9.95. The number of fused-ring (bicyclic) bond motifs is 1. The third kappa shape index (κ3) is 3.05. The van der Waals surface area contributed by atoms with Gasteiger partial charge in [-0.05, 0) is 12.1 Å². The molecule has 0 saturated heterocycles. The van der Waals surface area contributed by atoms with Gasteiger partial charge in [0.1, 0.15) is 0 Å². The molecule has 0 unspecified atom stereocenters. The zero-order chi connectivity index (χ0) is 14.9. The third-order valence-electron chi connectivity index (χ3n) is 3.33. The van der Waals surface area contributed by atoms with Crippen molar-refractivity contribution in [2.45, 2.75) is 32.7 Å². The summed E-state index contributed by atoms with van der Waals surface area (Å²) in [6.45, 7) is 7.39. The highest BCUT2D eigenvalue weighted by Crippen LogP contribution is 2.28. The summed E-state index contributed by atoms with van der Waals surface area (Å²) >= 11 is 1.78. The highest BCUT2D eigenvalue weighted by Gasteiger charge is 2.17. The Bertz CT molecular complexity index is 751. The lowest BCUT2D eigenvalue weighted by Crippen LogP contribution is -2.09. The number of thiazole rings is 1. The van der Waals surface area contributed by atoms with Gasteiger partial charge in [0.2, 0.25) is 0 Å². The van der Waals surface area contributed by atoms with Gasteiger partial charge in [-0.15, -0.1) is 11.3 Å². The smallest absolute Gasteiger partial charge is 0.0981 e. The monoisotopic (exact) mass is 297 g/mol. The van der Waals surface area contributed by atoms with Gasteiger partial charge in [0.25, 0.3) is 0 Å². The molecule has 3 nitrogen and oxygen atoms in total. The molecule has 0 aliphatic carbocycles. The fraction of sp³-hybridized carbons (Fsp3) is 0.294. The standard InChI is InChI=1S/C17H19N3S/c1-17(2,3)16-20-11-13(21-16)10-19-15-6-4-5-12-9-18-8-7-14(12)15/h4-9,11,19H,10H2,1-3H3. The highest BCUT2D eigenvalue weighted by molar-refractivity contribution is 7.11. The normalized spacial score (nSPS) is 11.8. The first-order chi connectivity index (χ1) is 10.0. The fourth-order valence-electron chi connectivity index (χ4n) is 2.20. The topological polar surface area (TPSA) is 37.8 Å². The fourth-order valence-corrected chi connectivity index (χ4v) is 3.10. The zero-order valence-corrected chi connectivity index (χ0v) is 13.4. The second kappa shape index (κ2) is 5.45. The first-order valence-corrected chi connectivity index (χ1v) is 7.87. The summed E-state index contributed by atoms with van der Waals surface area (Å²) in [7, 11) is 0. The molecular weight excluding hydrogens is 278 g/mol. The van der Waals surface area contributed by atoms with Crippen molar-refractivity contribution in [1.29, 1.82) is 0 Å². The van der Waals surface area contributed by atoms with Crippen LogP contribution < -0.4 is 5.32 Å². The quantitative estimate of drug-likeness (QED) is 0.767. The zero-order valence-electron chi connectivity index (χ0n) is 12.6. The summed E-state index contributed by atoms with van der Waals surface area (Å²) in [5.41, 5.74) is 1.26. The largest absolute Gasteiger partial charge is 0.380 e. The predicted molar refractivity (Wildman–Crippen MR) is 89.9 cm³/mol. The van der Waals surface area contributed by atoms with Crippen LogP contribution in [0, 0.1) is 0 Å². The van der Waals surface area contributed by atoms with Gasteiger partial charge in [0, 0.05) is 45.3 Å². The number of pyridine rings is 1. The SMILES string of the molecule is CC(C)(C)c1ncc(CNc2cccc3cnccc23)s1. The second-order valence-electron chi connectivity index (χ2n) is 6.14. The number of hydrogen-bond acceptors (Lipinski definition) is 4. The van der Waals surface area contributed by atoms with Crippen LogP contribution in [0.25, 0.3) is 10.8 Å². The predicted octanol–water partition coefficient (Wildman–Crippen LogP) is 4.60. The molecule has 1 aromatic carbocycles. The van der Waals surface area contributed by atoms with Crippen LogP contribution in [0.4, 0.5) is 5.69 Å². The third-order valence-corrected chi connectivity index (χ3v) is 4.75. The lowest BCUT2D eigenvalue weighted by atomic mass is 9.98. The molecule has 3 rings (SSSR count). The van der Waals surface area contributed by atoms with E-state index in [0.717, 1.165) is 17.6 Å². The molecule has 1 N–H and O–H groups in total. The van der Waals surface area contributed by atoms with Gasteiger partial charge in [0.15, 0.2) is 0 Å². The Morgan fingerprint density at radius 1 is 1.14 bits per heavy atom. The number of rotatable bonds is 3. The Hall–Kier alpha value is -1.94. The van der Waals surface area contributed by atoms with Crippen molar-refractivity contribution >= 4 is 27.8 Å². The lowest BCUT2D eigenvalue weighted by molar-refractivity contribution is 0.585. The molecule has 0 bridgehead atoms. The highest BCUT2D eigenvalue weighted by atomic mass is 32.1. The minimum Gasteiger partial charge on any atom is -0.380 e. The minimum atomic E-state index is 0.119. The average molecular weight is 297 g/mol. The van der Waals surface area contributed by atoms with E-state index in [2.05, 4.69) is 54.3 Å². The van der Waals surface area contributed by atoms with Crippen molar-refractivity contribution in [3.05, 3.63) is 52.7 Å². The molecule has 0 spiro atoms. The molecule has 0 radical (unpaired) electrons. The van der Waals surface area contributed by atoms with E-state index < -0.39 is 0 Å². The summed E-state index contributed by atoms with van der Waals surface area (Å²) in [6.07, 6.45) is 5.70. The molecule has 108 valence electrons. The maximum Gasteiger partial charge on any atom is 0.0981 e.